The summed E-state index contributed by atoms with van der Waals surface area (Å²) in [4.78, 5) is 51.7. The maximum atomic E-state index is 13.6. The number of benzene rings is 1. The van der Waals surface area contributed by atoms with E-state index >= 15 is 0 Å². The van der Waals surface area contributed by atoms with Crippen LogP contribution in [0.1, 0.15) is 36.5 Å². The number of unbranched alkanes of at least 4 members (excludes halogenated alkanes) is 1. The van der Waals surface area contributed by atoms with Gasteiger partial charge in [-0.1, -0.05) is 13.3 Å². The Morgan fingerprint density at radius 3 is 2.60 bits per heavy atom. The van der Waals surface area contributed by atoms with Crippen LogP contribution in [0.25, 0.3) is 0 Å². The highest BCUT2D eigenvalue weighted by molar-refractivity contribution is 5.97. The molecule has 0 unspecified atom stereocenters. The number of anilines is 2. The molecule has 162 valence electrons. The predicted molar refractivity (Wildman–Crippen MR) is 107 cm³/mol. The van der Waals surface area contributed by atoms with Crippen LogP contribution < -0.4 is 27.2 Å². The van der Waals surface area contributed by atoms with E-state index in [0.717, 1.165) is 23.5 Å². The van der Waals surface area contributed by atoms with Gasteiger partial charge in [-0.15, -0.1) is 0 Å². The number of carbonyl (C=O) groups is 2. The third kappa shape index (κ3) is 5.10. The van der Waals surface area contributed by atoms with E-state index in [0.29, 0.717) is 12.5 Å². The summed E-state index contributed by atoms with van der Waals surface area (Å²) in [7, 11) is 1.32. The maximum Gasteiger partial charge on any atom is 0.330 e. The molecule has 2 amide bonds. The number of hydrogen-bond acceptors (Lipinski definition) is 5. The van der Waals surface area contributed by atoms with Crippen molar-refractivity contribution in [1.29, 1.82) is 0 Å². The van der Waals surface area contributed by atoms with Gasteiger partial charge in [0.2, 0.25) is 5.91 Å². The average Bonchev–Trinajstić information content (AvgIpc) is 2.67. The van der Waals surface area contributed by atoms with Gasteiger partial charge in [0.25, 0.3) is 11.5 Å². The lowest BCUT2D eigenvalue weighted by molar-refractivity contribution is -0.118. The zero-order valence-corrected chi connectivity index (χ0v) is 16.6. The molecule has 0 aliphatic rings. The molecule has 0 spiro atoms. The molecule has 0 aliphatic heterocycles. The summed E-state index contributed by atoms with van der Waals surface area (Å²) >= 11 is 0. The topological polar surface area (TPSA) is 130 Å². The van der Waals surface area contributed by atoms with Crippen molar-refractivity contribution in [3.8, 4) is 0 Å². The standard InChI is InChI=1S/C19H23F2N5O4/c1-3-4-9-26-16(22)15(18(29)24-19(26)30)25(2)14(27)7-8-23-17(28)12-6-5-11(20)10-13(12)21/h5-6,10H,3-4,7-9,22H2,1-2H3,(H,23,28)(H,24,29,30). The summed E-state index contributed by atoms with van der Waals surface area (Å²) in [6, 6.07) is 2.52. The first-order valence-corrected chi connectivity index (χ1v) is 9.29. The van der Waals surface area contributed by atoms with Crippen LogP contribution in [-0.2, 0) is 11.3 Å². The minimum atomic E-state index is -1.02. The van der Waals surface area contributed by atoms with Gasteiger partial charge in [-0.05, 0) is 18.6 Å². The molecule has 11 heteroatoms. The van der Waals surface area contributed by atoms with Crippen LogP contribution in [0.15, 0.2) is 27.8 Å². The van der Waals surface area contributed by atoms with Gasteiger partial charge >= 0.3 is 5.69 Å². The first kappa shape index (κ1) is 22.8. The average molecular weight is 423 g/mol. The molecule has 1 aromatic carbocycles. The number of nitrogens with zero attached hydrogens (tertiary/aromatic N) is 2. The minimum absolute atomic E-state index is 0.134. The van der Waals surface area contributed by atoms with Crippen LogP contribution in [0.3, 0.4) is 0 Å². The van der Waals surface area contributed by atoms with Crippen molar-refractivity contribution in [2.45, 2.75) is 32.7 Å². The lowest BCUT2D eigenvalue weighted by atomic mass is 10.2. The Balaban J connectivity index is 2.08. The molecule has 9 nitrogen and oxygen atoms in total. The number of aromatic amines is 1. The molecule has 2 aromatic rings. The van der Waals surface area contributed by atoms with Crippen molar-refractivity contribution in [3.05, 3.63) is 56.2 Å². The number of halogens is 2. The Morgan fingerprint density at radius 1 is 1.27 bits per heavy atom. The Bertz CT molecular complexity index is 1060. The highest BCUT2D eigenvalue weighted by Gasteiger charge is 2.21. The van der Waals surface area contributed by atoms with E-state index in [1.54, 1.807) is 0 Å². The Morgan fingerprint density at radius 2 is 1.97 bits per heavy atom. The van der Waals surface area contributed by atoms with Gasteiger partial charge in [-0.3, -0.25) is 23.9 Å². The molecule has 0 bridgehead atoms. The zero-order valence-electron chi connectivity index (χ0n) is 16.6. The molecule has 0 fully saturated rings. The Hall–Kier alpha value is -3.50. The smallest absolute Gasteiger partial charge is 0.330 e. The molecule has 0 aliphatic carbocycles. The normalized spacial score (nSPS) is 10.7. The van der Waals surface area contributed by atoms with Crippen LogP contribution in [0.2, 0.25) is 0 Å². The van der Waals surface area contributed by atoms with Crippen LogP contribution in [0.5, 0.6) is 0 Å². The summed E-state index contributed by atoms with van der Waals surface area (Å²) in [6.07, 6.45) is 1.22. The van der Waals surface area contributed by atoms with Crippen molar-refractivity contribution in [2.75, 3.05) is 24.2 Å². The van der Waals surface area contributed by atoms with Gasteiger partial charge in [-0.2, -0.15) is 0 Å². The molecule has 30 heavy (non-hydrogen) atoms. The third-order valence-corrected chi connectivity index (χ3v) is 4.46. The van der Waals surface area contributed by atoms with Crippen LogP contribution in [-0.4, -0.2) is 35.0 Å². The van der Waals surface area contributed by atoms with Gasteiger partial charge in [0, 0.05) is 32.6 Å². The maximum absolute atomic E-state index is 13.6. The largest absolute Gasteiger partial charge is 0.383 e. The van der Waals surface area contributed by atoms with Crippen LogP contribution in [0, 0.1) is 11.6 Å². The summed E-state index contributed by atoms with van der Waals surface area (Å²) in [5.41, 5.74) is 3.95. The van der Waals surface area contributed by atoms with E-state index < -0.39 is 34.7 Å². The Labute approximate surface area is 170 Å². The van der Waals surface area contributed by atoms with Crippen molar-refractivity contribution in [1.82, 2.24) is 14.9 Å². The molecule has 4 N–H and O–H groups in total. The number of nitrogen functional groups attached to an aromatic ring is 1. The van der Waals surface area contributed by atoms with Crippen LogP contribution >= 0.6 is 0 Å². The van der Waals surface area contributed by atoms with E-state index in [1.807, 2.05) is 6.92 Å². The van der Waals surface area contributed by atoms with Gasteiger partial charge < -0.3 is 16.0 Å². The van der Waals surface area contributed by atoms with E-state index in [9.17, 15) is 28.0 Å². The van der Waals surface area contributed by atoms with E-state index in [2.05, 4.69) is 10.3 Å². The monoisotopic (exact) mass is 423 g/mol. The summed E-state index contributed by atoms with van der Waals surface area (Å²) in [5, 5.41) is 2.35. The van der Waals surface area contributed by atoms with E-state index in [-0.39, 0.29) is 36.6 Å². The molecule has 0 saturated heterocycles. The van der Waals surface area contributed by atoms with Crippen molar-refractivity contribution in [3.63, 3.8) is 0 Å². The highest BCUT2D eigenvalue weighted by Crippen LogP contribution is 2.16. The molecule has 0 atom stereocenters. The fourth-order valence-corrected chi connectivity index (χ4v) is 2.78. The summed E-state index contributed by atoms with van der Waals surface area (Å²) in [6.45, 7) is 2.05. The fraction of sp³-hybridized carbons (Fsp3) is 0.368. The molecular weight excluding hydrogens is 400 g/mol. The van der Waals surface area contributed by atoms with Crippen molar-refractivity contribution in [2.24, 2.45) is 0 Å². The first-order chi connectivity index (χ1) is 14.2. The second-order valence-electron chi connectivity index (χ2n) is 6.58. The Kier molecular flexibility index (Phi) is 7.45. The van der Waals surface area contributed by atoms with E-state index in [1.165, 1.54) is 11.6 Å². The molecule has 0 radical (unpaired) electrons. The predicted octanol–water partition coefficient (Wildman–Crippen LogP) is 0.980. The van der Waals surface area contributed by atoms with Crippen LogP contribution in [0.4, 0.5) is 20.3 Å². The number of nitrogens with one attached hydrogen (secondary N) is 2. The SMILES string of the molecule is CCCCn1c(N)c(N(C)C(=O)CCNC(=O)c2ccc(F)cc2F)c(=O)[nH]c1=O. The quantitative estimate of drug-likeness (QED) is 0.583. The van der Waals surface area contributed by atoms with Crippen molar-refractivity contribution < 1.29 is 18.4 Å². The lowest BCUT2D eigenvalue weighted by Gasteiger charge is -2.20. The summed E-state index contributed by atoms with van der Waals surface area (Å²) in [5.74, 6) is -3.35. The highest BCUT2D eigenvalue weighted by atomic mass is 19.1. The van der Waals surface area contributed by atoms with E-state index in [4.69, 9.17) is 5.73 Å². The molecule has 2 rings (SSSR count). The van der Waals surface area contributed by atoms with Gasteiger partial charge in [0.1, 0.15) is 17.5 Å². The second-order valence-corrected chi connectivity index (χ2v) is 6.58. The number of hydrogen-bond donors (Lipinski definition) is 3. The molecule has 1 aromatic heterocycles. The molecular formula is C19H23F2N5O4. The van der Waals surface area contributed by atoms with Gasteiger partial charge in [0.15, 0.2) is 5.69 Å². The summed E-state index contributed by atoms with van der Waals surface area (Å²) < 4.78 is 27.7. The number of amides is 2. The molecule has 0 saturated carbocycles. The molecule has 1 heterocycles. The van der Waals surface area contributed by atoms with Gasteiger partial charge in [-0.25, -0.2) is 13.6 Å². The first-order valence-electron chi connectivity index (χ1n) is 9.29. The lowest BCUT2D eigenvalue weighted by Crippen LogP contribution is -2.40. The minimum Gasteiger partial charge on any atom is -0.383 e. The third-order valence-electron chi connectivity index (χ3n) is 4.46. The number of nitrogens with two attached hydrogens (primary N) is 1. The van der Waals surface area contributed by atoms with Gasteiger partial charge in [0.05, 0.1) is 5.56 Å². The number of aromatic nitrogens is 2. The zero-order chi connectivity index (χ0) is 22.4. The number of H-pyrrole nitrogens is 1. The fourth-order valence-electron chi connectivity index (χ4n) is 2.78. The number of carbonyl (C=O) groups excluding carboxylic acids is 2. The second kappa shape index (κ2) is 9.81. The number of rotatable bonds is 8. The van der Waals surface area contributed by atoms with Crippen molar-refractivity contribution >= 4 is 23.3 Å².